The van der Waals surface area contributed by atoms with Gasteiger partial charge in [-0.25, -0.2) is 4.39 Å². The van der Waals surface area contributed by atoms with Crippen LogP contribution in [0, 0.1) is 5.82 Å². The molecule has 0 spiro atoms. The normalized spacial score (nSPS) is 16.4. The minimum atomic E-state index is -0.124. The first kappa shape index (κ1) is 14.1. The molecule has 1 aliphatic rings. The Morgan fingerprint density at radius 2 is 2.10 bits per heavy atom. The molecule has 3 rings (SSSR count). The summed E-state index contributed by atoms with van der Waals surface area (Å²) in [7, 11) is 0. The molecule has 0 saturated carbocycles. The van der Waals surface area contributed by atoms with Crippen LogP contribution in [0.3, 0.4) is 0 Å². The average molecular weight is 288 g/mol. The monoisotopic (exact) mass is 288 g/mol. The Morgan fingerprint density at radius 3 is 2.76 bits per heavy atom. The van der Waals surface area contributed by atoms with Crippen LogP contribution in [0.4, 0.5) is 10.1 Å². The molecule has 0 amide bonds. The zero-order valence-corrected chi connectivity index (χ0v) is 12.3. The van der Waals surface area contributed by atoms with Gasteiger partial charge in [-0.2, -0.15) is 0 Å². The third-order valence-corrected chi connectivity index (χ3v) is 4.08. The summed E-state index contributed by atoms with van der Waals surface area (Å²) in [6, 6.07) is 9.44. The van der Waals surface area contributed by atoms with Crippen molar-refractivity contribution in [3.63, 3.8) is 0 Å². The number of benzene rings is 1. The maximum atomic E-state index is 14.3. The molecule has 0 radical (unpaired) electrons. The predicted octanol–water partition coefficient (Wildman–Crippen LogP) is 3.87. The van der Waals surface area contributed by atoms with Crippen LogP contribution >= 0.6 is 0 Å². The number of nitrogens with one attached hydrogen (secondary N) is 1. The Hall–Kier alpha value is -1.81. The Bertz CT molecular complexity index is 576. The molecule has 0 unspecified atom stereocenters. The highest BCUT2D eigenvalue weighted by Crippen LogP contribution is 2.26. The van der Waals surface area contributed by atoms with Gasteiger partial charge >= 0.3 is 0 Å². The number of hydrogen-bond acceptors (Lipinski definition) is 3. The molecule has 1 fully saturated rings. The molecule has 2 heterocycles. The summed E-state index contributed by atoms with van der Waals surface area (Å²) >= 11 is 0. The van der Waals surface area contributed by atoms with Crippen LogP contribution in [0.2, 0.25) is 0 Å². The molecule has 2 aromatic rings. The van der Waals surface area contributed by atoms with Crippen molar-refractivity contribution in [1.82, 2.24) is 5.32 Å². The van der Waals surface area contributed by atoms with E-state index in [-0.39, 0.29) is 11.9 Å². The highest BCUT2D eigenvalue weighted by atomic mass is 19.1. The zero-order chi connectivity index (χ0) is 14.7. The fourth-order valence-corrected chi connectivity index (χ4v) is 2.79. The molecular formula is C17H21FN2O. The van der Waals surface area contributed by atoms with Gasteiger partial charge in [0.25, 0.3) is 0 Å². The number of halogens is 1. The summed E-state index contributed by atoms with van der Waals surface area (Å²) in [4.78, 5) is 2.13. The van der Waals surface area contributed by atoms with Crippen molar-refractivity contribution in [3.05, 3.63) is 53.7 Å². The molecule has 4 heteroatoms. The Labute approximate surface area is 124 Å². The predicted molar refractivity (Wildman–Crippen MR) is 81.8 cm³/mol. The fourth-order valence-electron chi connectivity index (χ4n) is 2.79. The van der Waals surface area contributed by atoms with Gasteiger partial charge in [0.05, 0.1) is 18.5 Å². The van der Waals surface area contributed by atoms with Crippen molar-refractivity contribution in [2.45, 2.75) is 32.4 Å². The second-order valence-corrected chi connectivity index (χ2v) is 5.59. The van der Waals surface area contributed by atoms with Gasteiger partial charge in [-0.3, -0.25) is 0 Å². The van der Waals surface area contributed by atoms with Gasteiger partial charge in [0.1, 0.15) is 11.6 Å². The molecule has 1 N–H and O–H groups in total. The average Bonchev–Trinajstić information content (AvgIpc) is 3.17. The third-order valence-electron chi connectivity index (χ3n) is 4.08. The van der Waals surface area contributed by atoms with E-state index in [0.717, 1.165) is 42.9 Å². The van der Waals surface area contributed by atoms with E-state index >= 15 is 0 Å². The van der Waals surface area contributed by atoms with E-state index in [4.69, 9.17) is 4.42 Å². The van der Waals surface area contributed by atoms with Crippen LogP contribution in [0.25, 0.3) is 0 Å². The first-order chi connectivity index (χ1) is 10.2. The molecule has 1 aliphatic heterocycles. The molecule has 0 aliphatic carbocycles. The number of rotatable bonds is 5. The van der Waals surface area contributed by atoms with E-state index in [1.54, 1.807) is 12.3 Å². The molecule has 112 valence electrons. The van der Waals surface area contributed by atoms with Crippen molar-refractivity contribution in [2.75, 3.05) is 18.0 Å². The van der Waals surface area contributed by atoms with Crippen LogP contribution < -0.4 is 10.2 Å². The lowest BCUT2D eigenvalue weighted by Gasteiger charge is -2.20. The van der Waals surface area contributed by atoms with Crippen LogP contribution in [0.5, 0.6) is 0 Å². The van der Waals surface area contributed by atoms with Crippen LogP contribution in [0.15, 0.2) is 41.0 Å². The lowest BCUT2D eigenvalue weighted by Crippen LogP contribution is -2.20. The Balaban J connectivity index is 1.66. The van der Waals surface area contributed by atoms with Gasteiger partial charge in [0, 0.05) is 19.1 Å². The van der Waals surface area contributed by atoms with E-state index < -0.39 is 0 Å². The Morgan fingerprint density at radius 1 is 1.29 bits per heavy atom. The van der Waals surface area contributed by atoms with Crippen molar-refractivity contribution < 1.29 is 8.81 Å². The number of nitrogens with zero attached hydrogens (tertiary/aromatic N) is 1. The second-order valence-electron chi connectivity index (χ2n) is 5.59. The smallest absolute Gasteiger partial charge is 0.146 e. The molecule has 1 atom stereocenters. The number of anilines is 1. The minimum absolute atomic E-state index is 0.0808. The molecule has 0 bridgehead atoms. The molecule has 21 heavy (non-hydrogen) atoms. The van der Waals surface area contributed by atoms with Crippen molar-refractivity contribution in [2.24, 2.45) is 0 Å². The van der Waals surface area contributed by atoms with E-state index in [1.165, 1.54) is 0 Å². The highest BCUT2D eigenvalue weighted by molar-refractivity contribution is 5.50. The number of hydrogen-bond donors (Lipinski definition) is 1. The topological polar surface area (TPSA) is 28.4 Å². The van der Waals surface area contributed by atoms with Gasteiger partial charge in [-0.1, -0.05) is 6.07 Å². The van der Waals surface area contributed by atoms with Crippen molar-refractivity contribution >= 4 is 5.69 Å². The third kappa shape index (κ3) is 3.27. The molecule has 1 aromatic heterocycles. The van der Waals surface area contributed by atoms with E-state index in [2.05, 4.69) is 10.2 Å². The standard InChI is InChI=1S/C17H21FN2O/c1-13(19-12-15-5-4-10-21-15)14-6-7-17(16(18)11-14)20-8-2-3-9-20/h4-7,10-11,13,19H,2-3,8-9,12H2,1H3/t13-/m0/s1. The highest BCUT2D eigenvalue weighted by Gasteiger charge is 2.17. The van der Waals surface area contributed by atoms with Crippen LogP contribution in [-0.2, 0) is 6.54 Å². The van der Waals surface area contributed by atoms with E-state index in [1.807, 2.05) is 31.2 Å². The largest absolute Gasteiger partial charge is 0.468 e. The van der Waals surface area contributed by atoms with E-state index in [0.29, 0.717) is 6.54 Å². The van der Waals surface area contributed by atoms with Gasteiger partial charge in [0.15, 0.2) is 0 Å². The number of furan rings is 1. The zero-order valence-electron chi connectivity index (χ0n) is 12.3. The summed E-state index contributed by atoms with van der Waals surface area (Å²) in [6.07, 6.45) is 3.97. The van der Waals surface area contributed by atoms with Gasteiger partial charge in [-0.15, -0.1) is 0 Å². The van der Waals surface area contributed by atoms with Gasteiger partial charge in [0.2, 0.25) is 0 Å². The molecule has 1 saturated heterocycles. The first-order valence-corrected chi connectivity index (χ1v) is 7.54. The Kier molecular flexibility index (Phi) is 4.25. The molecular weight excluding hydrogens is 267 g/mol. The fraction of sp³-hybridized carbons (Fsp3) is 0.412. The minimum Gasteiger partial charge on any atom is -0.468 e. The summed E-state index contributed by atoms with van der Waals surface area (Å²) in [6.45, 7) is 4.60. The second kappa shape index (κ2) is 6.31. The van der Waals surface area contributed by atoms with Crippen LogP contribution in [0.1, 0.15) is 37.1 Å². The summed E-state index contributed by atoms with van der Waals surface area (Å²) in [5.41, 5.74) is 1.69. The first-order valence-electron chi connectivity index (χ1n) is 7.54. The summed E-state index contributed by atoms with van der Waals surface area (Å²) in [5.74, 6) is 0.761. The summed E-state index contributed by atoms with van der Waals surface area (Å²) in [5, 5.41) is 3.34. The van der Waals surface area contributed by atoms with Gasteiger partial charge in [-0.05, 0) is 49.6 Å². The lowest BCUT2D eigenvalue weighted by atomic mass is 10.1. The SMILES string of the molecule is C[C@H](NCc1ccco1)c1ccc(N2CCCC2)c(F)c1. The maximum absolute atomic E-state index is 14.3. The lowest BCUT2D eigenvalue weighted by molar-refractivity contribution is 0.460. The summed E-state index contributed by atoms with van der Waals surface area (Å²) < 4.78 is 19.6. The maximum Gasteiger partial charge on any atom is 0.146 e. The quantitative estimate of drug-likeness (QED) is 0.905. The van der Waals surface area contributed by atoms with Gasteiger partial charge < -0.3 is 14.6 Å². The van der Waals surface area contributed by atoms with Crippen molar-refractivity contribution in [1.29, 1.82) is 0 Å². The van der Waals surface area contributed by atoms with Crippen LogP contribution in [-0.4, -0.2) is 13.1 Å². The van der Waals surface area contributed by atoms with E-state index in [9.17, 15) is 4.39 Å². The molecule has 3 nitrogen and oxygen atoms in total. The molecule has 1 aromatic carbocycles. The van der Waals surface area contributed by atoms with Crippen molar-refractivity contribution in [3.8, 4) is 0 Å².